The van der Waals surface area contributed by atoms with Gasteiger partial charge in [-0.3, -0.25) is 9.97 Å². The molecule has 0 amide bonds. The van der Waals surface area contributed by atoms with Crippen molar-refractivity contribution < 1.29 is 0 Å². The van der Waals surface area contributed by atoms with Gasteiger partial charge in [0.05, 0.1) is 11.4 Å². The molecular weight excluding hydrogens is 222 g/mol. The lowest BCUT2D eigenvalue weighted by molar-refractivity contribution is 1.01. The third-order valence-electron chi connectivity index (χ3n) is 2.50. The van der Waals surface area contributed by atoms with Crippen molar-refractivity contribution in [2.45, 2.75) is 0 Å². The van der Waals surface area contributed by atoms with Gasteiger partial charge in [0.2, 0.25) is 0 Å². The number of hydrogen-bond acceptors (Lipinski definition) is 3. The average molecular weight is 237 g/mol. The van der Waals surface area contributed by atoms with E-state index in [0.717, 1.165) is 22.6 Å². The second-order valence-electron chi connectivity index (χ2n) is 3.79. The number of pyridine rings is 2. The Hall–Kier alpha value is -2.42. The van der Waals surface area contributed by atoms with E-state index in [1.54, 1.807) is 18.5 Å². The predicted molar refractivity (Wildman–Crippen MR) is 74.7 cm³/mol. The quantitative estimate of drug-likeness (QED) is 0.812. The zero-order valence-electron chi connectivity index (χ0n) is 10.1. The summed E-state index contributed by atoms with van der Waals surface area (Å²) in [6.07, 6.45) is 5.32. The largest absolute Gasteiger partial charge is 0.382 e. The van der Waals surface area contributed by atoms with Gasteiger partial charge in [-0.1, -0.05) is 18.7 Å². The highest BCUT2D eigenvalue weighted by Gasteiger charge is 2.03. The van der Waals surface area contributed by atoms with Gasteiger partial charge in [0.15, 0.2) is 0 Å². The summed E-state index contributed by atoms with van der Waals surface area (Å²) >= 11 is 0. The van der Waals surface area contributed by atoms with E-state index >= 15 is 0 Å². The molecule has 0 radical (unpaired) electrons. The molecule has 3 nitrogen and oxygen atoms in total. The van der Waals surface area contributed by atoms with Crippen molar-refractivity contribution in [1.82, 2.24) is 15.3 Å². The van der Waals surface area contributed by atoms with Crippen LogP contribution in [0.1, 0.15) is 5.56 Å². The Morgan fingerprint density at radius 1 is 1.17 bits per heavy atom. The lowest BCUT2D eigenvalue weighted by Crippen LogP contribution is -2.10. The molecule has 18 heavy (non-hydrogen) atoms. The zero-order chi connectivity index (χ0) is 12.8. The summed E-state index contributed by atoms with van der Waals surface area (Å²) in [7, 11) is 0. The molecule has 3 heteroatoms. The van der Waals surface area contributed by atoms with Gasteiger partial charge in [-0.15, -0.1) is 6.58 Å². The van der Waals surface area contributed by atoms with Crippen molar-refractivity contribution in [2.75, 3.05) is 6.54 Å². The monoisotopic (exact) mass is 237 g/mol. The molecule has 0 spiro atoms. The minimum atomic E-state index is 0.695. The molecule has 1 N–H and O–H groups in total. The van der Waals surface area contributed by atoms with E-state index in [1.807, 2.05) is 30.3 Å². The minimum Gasteiger partial charge on any atom is -0.382 e. The van der Waals surface area contributed by atoms with Crippen LogP contribution in [0.25, 0.3) is 17.1 Å². The van der Waals surface area contributed by atoms with Crippen molar-refractivity contribution in [2.24, 2.45) is 0 Å². The predicted octanol–water partition coefficient (Wildman–Crippen LogP) is 2.89. The van der Waals surface area contributed by atoms with Crippen LogP contribution in [-0.2, 0) is 0 Å². The molecule has 90 valence electrons. The van der Waals surface area contributed by atoms with Gasteiger partial charge >= 0.3 is 0 Å². The van der Waals surface area contributed by atoms with Crippen LogP contribution < -0.4 is 5.32 Å². The van der Waals surface area contributed by atoms with E-state index in [9.17, 15) is 0 Å². The lowest BCUT2D eigenvalue weighted by atomic mass is 10.1. The molecule has 2 aromatic heterocycles. The number of hydrogen-bond donors (Lipinski definition) is 1. The first-order valence-corrected chi connectivity index (χ1v) is 5.73. The van der Waals surface area contributed by atoms with Gasteiger partial charge in [-0.25, -0.2) is 0 Å². The summed E-state index contributed by atoms with van der Waals surface area (Å²) in [4.78, 5) is 8.60. The van der Waals surface area contributed by atoms with Crippen molar-refractivity contribution in [1.29, 1.82) is 0 Å². The molecule has 0 unspecified atom stereocenters. The van der Waals surface area contributed by atoms with Crippen molar-refractivity contribution in [3.63, 3.8) is 0 Å². The first kappa shape index (κ1) is 12.0. The Morgan fingerprint density at radius 2 is 2.00 bits per heavy atom. The minimum absolute atomic E-state index is 0.695. The SMILES string of the molecule is C=CCNC(=C)c1ccnc(-c2ccccn2)c1. The van der Waals surface area contributed by atoms with E-state index in [2.05, 4.69) is 28.4 Å². The van der Waals surface area contributed by atoms with Crippen LogP contribution in [-0.4, -0.2) is 16.5 Å². The number of rotatable bonds is 5. The van der Waals surface area contributed by atoms with Crippen LogP contribution in [0, 0.1) is 0 Å². The summed E-state index contributed by atoms with van der Waals surface area (Å²) in [6.45, 7) is 8.35. The van der Waals surface area contributed by atoms with Gasteiger partial charge < -0.3 is 5.32 Å². The summed E-state index contributed by atoms with van der Waals surface area (Å²) in [5.41, 5.74) is 3.56. The summed E-state index contributed by atoms with van der Waals surface area (Å²) in [5, 5.41) is 3.17. The Labute approximate surface area is 107 Å². The van der Waals surface area contributed by atoms with E-state index < -0.39 is 0 Å². The van der Waals surface area contributed by atoms with E-state index in [1.165, 1.54) is 0 Å². The first-order chi connectivity index (χ1) is 8.81. The fourth-order valence-corrected chi connectivity index (χ4v) is 1.57. The normalized spacial score (nSPS) is 9.78. The Bertz CT molecular complexity index is 547. The second kappa shape index (κ2) is 5.77. The smallest absolute Gasteiger partial charge is 0.0892 e. The van der Waals surface area contributed by atoms with Gasteiger partial charge in [-0.05, 0) is 24.3 Å². The average Bonchev–Trinajstić information content (AvgIpc) is 2.46. The molecule has 0 saturated heterocycles. The molecule has 0 aliphatic heterocycles. The maximum atomic E-state index is 4.32. The molecule has 0 saturated carbocycles. The Kier molecular flexibility index (Phi) is 3.86. The lowest BCUT2D eigenvalue weighted by Gasteiger charge is -2.08. The summed E-state index contributed by atoms with van der Waals surface area (Å²) < 4.78 is 0. The van der Waals surface area contributed by atoms with Gasteiger partial charge in [0.1, 0.15) is 0 Å². The van der Waals surface area contributed by atoms with Gasteiger partial charge in [-0.2, -0.15) is 0 Å². The zero-order valence-corrected chi connectivity index (χ0v) is 10.1. The second-order valence-corrected chi connectivity index (χ2v) is 3.79. The van der Waals surface area contributed by atoms with Gasteiger partial charge in [0.25, 0.3) is 0 Å². The van der Waals surface area contributed by atoms with E-state index in [4.69, 9.17) is 0 Å². The Balaban J connectivity index is 2.25. The van der Waals surface area contributed by atoms with Crippen LogP contribution in [0.15, 0.2) is 62.0 Å². The summed E-state index contributed by atoms with van der Waals surface area (Å²) in [6, 6.07) is 9.66. The topological polar surface area (TPSA) is 37.8 Å². The number of nitrogens with one attached hydrogen (secondary N) is 1. The van der Waals surface area contributed by atoms with Crippen molar-refractivity contribution >= 4 is 5.70 Å². The van der Waals surface area contributed by atoms with Gasteiger partial charge in [0, 0.05) is 30.2 Å². The Morgan fingerprint density at radius 3 is 2.72 bits per heavy atom. The standard InChI is InChI=1S/C15H15N3/c1-3-8-16-12(2)13-7-10-18-15(11-13)14-6-4-5-9-17-14/h3-7,9-11,16H,1-2,8H2. The first-order valence-electron chi connectivity index (χ1n) is 5.73. The fraction of sp³-hybridized carbons (Fsp3) is 0.0667. The highest BCUT2D eigenvalue weighted by atomic mass is 14.9. The van der Waals surface area contributed by atoms with Crippen LogP contribution in [0.2, 0.25) is 0 Å². The van der Waals surface area contributed by atoms with Crippen molar-refractivity contribution in [3.8, 4) is 11.4 Å². The molecule has 0 atom stereocenters. The maximum absolute atomic E-state index is 4.32. The molecule has 2 aromatic rings. The summed E-state index contributed by atoms with van der Waals surface area (Å²) in [5.74, 6) is 0. The molecule has 0 bridgehead atoms. The molecule has 2 heterocycles. The highest BCUT2D eigenvalue weighted by molar-refractivity contribution is 5.66. The van der Waals surface area contributed by atoms with E-state index in [-0.39, 0.29) is 0 Å². The van der Waals surface area contributed by atoms with Crippen LogP contribution in [0.4, 0.5) is 0 Å². The third-order valence-corrected chi connectivity index (χ3v) is 2.50. The molecule has 0 aromatic carbocycles. The maximum Gasteiger partial charge on any atom is 0.0892 e. The fourth-order valence-electron chi connectivity index (χ4n) is 1.57. The number of aromatic nitrogens is 2. The van der Waals surface area contributed by atoms with Crippen LogP contribution >= 0.6 is 0 Å². The van der Waals surface area contributed by atoms with Crippen molar-refractivity contribution in [3.05, 3.63) is 67.5 Å². The van der Waals surface area contributed by atoms with E-state index in [0.29, 0.717) is 6.54 Å². The number of nitrogens with zero attached hydrogens (tertiary/aromatic N) is 2. The van der Waals surface area contributed by atoms with Crippen LogP contribution in [0.3, 0.4) is 0 Å². The molecule has 2 rings (SSSR count). The molecule has 0 aliphatic rings. The molecule has 0 fully saturated rings. The third kappa shape index (κ3) is 2.83. The molecule has 0 aliphatic carbocycles. The van der Waals surface area contributed by atoms with Crippen LogP contribution in [0.5, 0.6) is 0 Å². The highest BCUT2D eigenvalue weighted by Crippen LogP contribution is 2.17. The molecular formula is C15H15N3.